The second kappa shape index (κ2) is 6.98. The summed E-state index contributed by atoms with van der Waals surface area (Å²) in [5.41, 5.74) is 1.01. The number of hydrogen-bond donors (Lipinski definition) is 0. The number of amides is 1. The van der Waals surface area contributed by atoms with Crippen molar-refractivity contribution in [3.8, 4) is 5.75 Å². The Bertz CT molecular complexity index is 476. The zero-order valence-electron chi connectivity index (χ0n) is 12.2. The van der Waals surface area contributed by atoms with Crippen LogP contribution >= 0.6 is 11.6 Å². The van der Waals surface area contributed by atoms with Gasteiger partial charge in [0.25, 0.3) is 0 Å². The van der Waals surface area contributed by atoms with Crippen molar-refractivity contribution >= 4 is 17.5 Å². The van der Waals surface area contributed by atoms with Crippen molar-refractivity contribution in [1.29, 1.82) is 0 Å². The van der Waals surface area contributed by atoms with Crippen LogP contribution in [0.1, 0.15) is 31.7 Å². The predicted octanol–water partition coefficient (Wildman–Crippen LogP) is 3.68. The van der Waals surface area contributed by atoms with E-state index in [1.807, 2.05) is 30.0 Å². The lowest BCUT2D eigenvalue weighted by Gasteiger charge is -2.15. The van der Waals surface area contributed by atoms with Gasteiger partial charge in [-0.05, 0) is 49.4 Å². The van der Waals surface area contributed by atoms with Gasteiger partial charge in [0.15, 0.2) is 0 Å². The van der Waals surface area contributed by atoms with E-state index in [0.717, 1.165) is 42.3 Å². The minimum atomic E-state index is 0.255. The van der Waals surface area contributed by atoms with Gasteiger partial charge in [-0.25, -0.2) is 0 Å². The highest BCUT2D eigenvalue weighted by molar-refractivity contribution is 6.31. The lowest BCUT2D eigenvalue weighted by Crippen LogP contribution is -2.28. The Kier molecular flexibility index (Phi) is 5.30. The lowest BCUT2D eigenvalue weighted by atomic mass is 10.2. The van der Waals surface area contributed by atoms with Crippen molar-refractivity contribution < 1.29 is 9.53 Å². The molecule has 0 radical (unpaired) electrons. The van der Waals surface area contributed by atoms with Gasteiger partial charge in [-0.1, -0.05) is 18.5 Å². The molecule has 1 unspecified atom stereocenters. The molecular formula is C16H22ClNO2. The number of likely N-dealkylation sites (tertiary alicyclic amines) is 1. The van der Waals surface area contributed by atoms with Crippen LogP contribution in [0.5, 0.6) is 5.75 Å². The zero-order chi connectivity index (χ0) is 14.5. The van der Waals surface area contributed by atoms with Crippen molar-refractivity contribution in [1.82, 2.24) is 4.90 Å². The first kappa shape index (κ1) is 15.2. The summed E-state index contributed by atoms with van der Waals surface area (Å²) in [6, 6.07) is 5.62. The van der Waals surface area contributed by atoms with Crippen molar-refractivity contribution in [3.63, 3.8) is 0 Å². The molecule has 2 rings (SSSR count). The van der Waals surface area contributed by atoms with E-state index in [0.29, 0.717) is 18.9 Å². The molecule has 0 saturated carbocycles. The van der Waals surface area contributed by atoms with Gasteiger partial charge in [-0.3, -0.25) is 4.79 Å². The van der Waals surface area contributed by atoms with Crippen LogP contribution in [0.4, 0.5) is 0 Å². The quantitative estimate of drug-likeness (QED) is 0.776. The third kappa shape index (κ3) is 4.14. The summed E-state index contributed by atoms with van der Waals surface area (Å²) in [6.07, 6.45) is 2.46. The standard InChI is InChI=1S/C16H22ClNO2/c1-12-7-8-18(11-12)16(19)4-3-9-20-14-5-6-15(17)13(2)10-14/h5-6,10,12H,3-4,7-9,11H2,1-2H3. The van der Waals surface area contributed by atoms with Gasteiger partial charge in [0, 0.05) is 24.5 Å². The molecule has 1 amide bonds. The number of aryl methyl sites for hydroxylation is 1. The minimum Gasteiger partial charge on any atom is -0.494 e. The minimum absolute atomic E-state index is 0.255. The summed E-state index contributed by atoms with van der Waals surface area (Å²) in [5.74, 6) is 1.71. The Morgan fingerprint density at radius 3 is 2.95 bits per heavy atom. The lowest BCUT2D eigenvalue weighted by molar-refractivity contribution is -0.130. The van der Waals surface area contributed by atoms with Gasteiger partial charge < -0.3 is 9.64 Å². The molecule has 0 bridgehead atoms. The molecule has 1 aromatic carbocycles. The third-order valence-corrected chi connectivity index (χ3v) is 4.13. The molecule has 1 fully saturated rings. The number of nitrogens with zero attached hydrogens (tertiary/aromatic N) is 1. The fourth-order valence-corrected chi connectivity index (χ4v) is 2.56. The third-order valence-electron chi connectivity index (χ3n) is 3.71. The molecule has 4 heteroatoms. The van der Waals surface area contributed by atoms with E-state index in [1.54, 1.807) is 0 Å². The molecule has 110 valence electrons. The van der Waals surface area contributed by atoms with Crippen LogP contribution in [0.3, 0.4) is 0 Å². The second-order valence-electron chi connectivity index (χ2n) is 5.60. The number of carbonyl (C=O) groups is 1. The Morgan fingerprint density at radius 1 is 1.50 bits per heavy atom. The summed E-state index contributed by atoms with van der Waals surface area (Å²) in [5, 5.41) is 0.746. The van der Waals surface area contributed by atoms with E-state index in [2.05, 4.69) is 6.92 Å². The number of rotatable bonds is 5. The Hall–Kier alpha value is -1.22. The van der Waals surface area contributed by atoms with Gasteiger partial charge in [0.05, 0.1) is 6.61 Å². The van der Waals surface area contributed by atoms with E-state index < -0.39 is 0 Å². The van der Waals surface area contributed by atoms with E-state index in [4.69, 9.17) is 16.3 Å². The van der Waals surface area contributed by atoms with E-state index in [9.17, 15) is 4.79 Å². The summed E-state index contributed by atoms with van der Waals surface area (Å²) in [7, 11) is 0. The maximum absolute atomic E-state index is 12.0. The van der Waals surface area contributed by atoms with Crippen molar-refractivity contribution in [2.45, 2.75) is 33.1 Å². The topological polar surface area (TPSA) is 29.5 Å². The molecule has 1 aliphatic heterocycles. The molecule has 1 heterocycles. The fourth-order valence-electron chi connectivity index (χ4n) is 2.44. The van der Waals surface area contributed by atoms with Crippen LogP contribution in [0, 0.1) is 12.8 Å². The van der Waals surface area contributed by atoms with Crippen molar-refractivity contribution in [2.75, 3.05) is 19.7 Å². The largest absolute Gasteiger partial charge is 0.494 e. The zero-order valence-corrected chi connectivity index (χ0v) is 12.9. The van der Waals surface area contributed by atoms with Crippen molar-refractivity contribution in [2.24, 2.45) is 5.92 Å². The van der Waals surface area contributed by atoms with Gasteiger partial charge in [0.2, 0.25) is 5.91 Å². The van der Waals surface area contributed by atoms with Crippen LogP contribution in [0.25, 0.3) is 0 Å². The van der Waals surface area contributed by atoms with E-state index >= 15 is 0 Å². The van der Waals surface area contributed by atoms with Crippen LogP contribution < -0.4 is 4.74 Å². The van der Waals surface area contributed by atoms with Crippen LogP contribution in [-0.2, 0) is 4.79 Å². The smallest absolute Gasteiger partial charge is 0.222 e. The highest BCUT2D eigenvalue weighted by Crippen LogP contribution is 2.21. The number of ether oxygens (including phenoxy) is 1. The average Bonchev–Trinajstić information content (AvgIpc) is 2.85. The Balaban J connectivity index is 1.68. The predicted molar refractivity (Wildman–Crippen MR) is 81.3 cm³/mol. The SMILES string of the molecule is Cc1cc(OCCCC(=O)N2CCC(C)C2)ccc1Cl. The summed E-state index contributed by atoms with van der Waals surface area (Å²) >= 11 is 5.96. The average molecular weight is 296 g/mol. The normalized spacial score (nSPS) is 18.4. The molecule has 1 saturated heterocycles. The highest BCUT2D eigenvalue weighted by atomic mass is 35.5. The molecule has 20 heavy (non-hydrogen) atoms. The second-order valence-corrected chi connectivity index (χ2v) is 6.00. The molecule has 0 aliphatic carbocycles. The van der Waals surface area contributed by atoms with Crippen molar-refractivity contribution in [3.05, 3.63) is 28.8 Å². The molecule has 0 spiro atoms. The van der Waals surface area contributed by atoms with Crippen LogP contribution in [-0.4, -0.2) is 30.5 Å². The van der Waals surface area contributed by atoms with Gasteiger partial charge >= 0.3 is 0 Å². The van der Waals surface area contributed by atoms with Crippen LogP contribution in [0.2, 0.25) is 5.02 Å². The first-order chi connectivity index (χ1) is 9.56. The summed E-state index contributed by atoms with van der Waals surface area (Å²) < 4.78 is 5.65. The molecule has 1 atom stereocenters. The first-order valence-electron chi connectivity index (χ1n) is 7.23. The fraction of sp³-hybridized carbons (Fsp3) is 0.562. The molecular weight excluding hydrogens is 274 g/mol. The molecule has 0 aromatic heterocycles. The van der Waals surface area contributed by atoms with Crippen LogP contribution in [0.15, 0.2) is 18.2 Å². The van der Waals surface area contributed by atoms with Gasteiger partial charge in [0.1, 0.15) is 5.75 Å². The monoisotopic (exact) mass is 295 g/mol. The molecule has 1 aliphatic rings. The Morgan fingerprint density at radius 2 is 2.30 bits per heavy atom. The van der Waals surface area contributed by atoms with E-state index in [1.165, 1.54) is 0 Å². The molecule has 3 nitrogen and oxygen atoms in total. The van der Waals surface area contributed by atoms with E-state index in [-0.39, 0.29) is 5.91 Å². The number of benzene rings is 1. The summed E-state index contributed by atoms with van der Waals surface area (Å²) in [6.45, 7) is 6.54. The first-order valence-corrected chi connectivity index (χ1v) is 7.61. The number of halogens is 1. The Labute approximate surface area is 125 Å². The van der Waals surface area contributed by atoms with Gasteiger partial charge in [-0.2, -0.15) is 0 Å². The highest BCUT2D eigenvalue weighted by Gasteiger charge is 2.22. The summed E-state index contributed by atoms with van der Waals surface area (Å²) in [4.78, 5) is 13.9. The maximum atomic E-state index is 12.0. The number of hydrogen-bond acceptors (Lipinski definition) is 2. The molecule has 0 N–H and O–H groups in total. The molecule has 1 aromatic rings. The number of carbonyl (C=O) groups excluding carboxylic acids is 1. The van der Waals surface area contributed by atoms with Gasteiger partial charge in [-0.15, -0.1) is 0 Å². The maximum Gasteiger partial charge on any atom is 0.222 e.